The largest absolute Gasteiger partial charge is 0.353 e. The van der Waals surface area contributed by atoms with Crippen molar-refractivity contribution in [3.63, 3.8) is 0 Å². The minimum atomic E-state index is -0.328. The number of nitrogens with one attached hydrogen (secondary N) is 2. The molecule has 2 amide bonds. The molecule has 0 saturated heterocycles. The fourth-order valence-electron chi connectivity index (χ4n) is 2.40. The summed E-state index contributed by atoms with van der Waals surface area (Å²) in [6.07, 6.45) is 2.61. The predicted octanol–water partition coefficient (Wildman–Crippen LogP) is 2.82. The molecule has 21 heavy (non-hydrogen) atoms. The fourth-order valence-corrected chi connectivity index (χ4v) is 2.53. The lowest BCUT2D eigenvalue weighted by molar-refractivity contribution is -0.123. The van der Waals surface area contributed by atoms with Gasteiger partial charge < -0.3 is 10.6 Å². The first kappa shape index (κ1) is 15.8. The first-order valence-electron chi connectivity index (χ1n) is 7.27. The maximum absolute atomic E-state index is 12.1. The normalized spacial score (nSPS) is 16.9. The minimum Gasteiger partial charge on any atom is -0.353 e. The van der Waals surface area contributed by atoms with Gasteiger partial charge in [-0.2, -0.15) is 0 Å². The van der Waals surface area contributed by atoms with Gasteiger partial charge in [0.25, 0.3) is 0 Å². The van der Waals surface area contributed by atoms with E-state index in [-0.39, 0.29) is 30.3 Å². The molecule has 0 bridgehead atoms. The summed E-state index contributed by atoms with van der Waals surface area (Å²) in [7, 11) is 0. The van der Waals surface area contributed by atoms with Gasteiger partial charge in [-0.1, -0.05) is 23.7 Å². The van der Waals surface area contributed by atoms with Gasteiger partial charge in [0.15, 0.2) is 0 Å². The summed E-state index contributed by atoms with van der Waals surface area (Å²) < 4.78 is 0. The van der Waals surface area contributed by atoms with E-state index in [2.05, 4.69) is 10.6 Å². The third kappa shape index (κ3) is 5.05. The van der Waals surface area contributed by atoms with Crippen LogP contribution in [0.3, 0.4) is 0 Å². The number of hydrogen-bond donors (Lipinski definition) is 2. The summed E-state index contributed by atoms with van der Waals surface area (Å²) in [4.78, 5) is 23.5. The van der Waals surface area contributed by atoms with Crippen molar-refractivity contribution in [3.05, 3.63) is 34.9 Å². The lowest BCUT2D eigenvalue weighted by atomic mass is 10.0. The van der Waals surface area contributed by atoms with Crippen molar-refractivity contribution in [2.45, 2.75) is 45.2 Å². The van der Waals surface area contributed by atoms with Crippen LogP contribution in [0, 0.1) is 5.92 Å². The van der Waals surface area contributed by atoms with Crippen molar-refractivity contribution in [1.29, 1.82) is 0 Å². The Morgan fingerprint density at radius 2 is 1.86 bits per heavy atom. The Kier molecular flexibility index (Phi) is 5.23. The first-order chi connectivity index (χ1) is 9.95. The molecule has 2 rings (SSSR count). The van der Waals surface area contributed by atoms with Crippen LogP contribution in [-0.2, 0) is 9.59 Å². The molecule has 0 aliphatic heterocycles. The van der Waals surface area contributed by atoms with E-state index in [0.29, 0.717) is 10.9 Å². The zero-order valence-corrected chi connectivity index (χ0v) is 13.1. The highest BCUT2D eigenvalue weighted by molar-refractivity contribution is 6.30. The van der Waals surface area contributed by atoms with E-state index in [1.807, 2.05) is 19.1 Å². The molecule has 2 atom stereocenters. The Morgan fingerprint density at radius 3 is 2.38 bits per heavy atom. The molecule has 0 radical (unpaired) electrons. The van der Waals surface area contributed by atoms with E-state index in [0.717, 1.165) is 5.56 Å². The second-order valence-electron chi connectivity index (χ2n) is 5.70. The number of benzene rings is 1. The summed E-state index contributed by atoms with van der Waals surface area (Å²) >= 11 is 5.87. The molecular formula is C16H21ClN2O2. The lowest BCUT2D eigenvalue weighted by Crippen LogP contribution is -2.37. The van der Waals surface area contributed by atoms with E-state index in [9.17, 15) is 9.59 Å². The second kappa shape index (κ2) is 6.94. The van der Waals surface area contributed by atoms with E-state index in [4.69, 9.17) is 11.6 Å². The summed E-state index contributed by atoms with van der Waals surface area (Å²) in [5.74, 6) is 0.421. The second-order valence-corrected chi connectivity index (χ2v) is 6.14. The van der Waals surface area contributed by atoms with E-state index >= 15 is 0 Å². The van der Waals surface area contributed by atoms with Crippen LogP contribution >= 0.6 is 11.6 Å². The number of hydrogen-bond acceptors (Lipinski definition) is 2. The van der Waals surface area contributed by atoms with Gasteiger partial charge in [0, 0.05) is 18.0 Å². The SMILES string of the molecule is CC(=O)N[C@@H](CC(=O)N[C@@H](C)C1CC1)c1ccc(Cl)cc1. The average Bonchev–Trinajstić information content (AvgIpc) is 3.22. The molecular weight excluding hydrogens is 288 g/mol. The standard InChI is InChI=1S/C16H21ClN2O2/c1-10(12-3-4-12)18-16(21)9-15(19-11(2)20)13-5-7-14(17)8-6-13/h5-8,10,12,15H,3-4,9H2,1-2H3,(H,18,21)(H,19,20)/t10-,15-/m0/s1. The molecule has 0 spiro atoms. The molecule has 4 nitrogen and oxygen atoms in total. The molecule has 1 aromatic carbocycles. The lowest BCUT2D eigenvalue weighted by Gasteiger charge is -2.20. The van der Waals surface area contributed by atoms with Gasteiger partial charge in [0.05, 0.1) is 12.5 Å². The van der Waals surface area contributed by atoms with E-state index in [1.54, 1.807) is 12.1 Å². The molecule has 1 aliphatic carbocycles. The molecule has 0 heterocycles. The van der Waals surface area contributed by atoms with Crippen LogP contribution in [-0.4, -0.2) is 17.9 Å². The van der Waals surface area contributed by atoms with Crippen LogP contribution in [0.15, 0.2) is 24.3 Å². The molecule has 1 saturated carbocycles. The van der Waals surface area contributed by atoms with Gasteiger partial charge in [-0.25, -0.2) is 0 Å². The zero-order valence-electron chi connectivity index (χ0n) is 12.4. The Morgan fingerprint density at radius 1 is 1.24 bits per heavy atom. The van der Waals surface area contributed by atoms with Crippen molar-refractivity contribution in [2.24, 2.45) is 5.92 Å². The smallest absolute Gasteiger partial charge is 0.222 e. The Labute approximate surface area is 130 Å². The van der Waals surface area contributed by atoms with Crippen molar-refractivity contribution in [1.82, 2.24) is 10.6 Å². The van der Waals surface area contributed by atoms with Gasteiger partial charge in [-0.05, 0) is 43.4 Å². The number of amides is 2. The molecule has 2 N–H and O–H groups in total. The van der Waals surface area contributed by atoms with Gasteiger partial charge in [0.2, 0.25) is 11.8 Å². The molecule has 1 aliphatic rings. The van der Waals surface area contributed by atoms with Crippen LogP contribution in [0.1, 0.15) is 44.7 Å². The Hall–Kier alpha value is -1.55. The molecule has 1 fully saturated rings. The zero-order chi connectivity index (χ0) is 15.4. The third-order valence-corrected chi connectivity index (χ3v) is 4.01. The summed E-state index contributed by atoms with van der Waals surface area (Å²) in [5.41, 5.74) is 0.879. The molecule has 114 valence electrons. The summed E-state index contributed by atoms with van der Waals surface area (Å²) in [6, 6.07) is 7.07. The van der Waals surface area contributed by atoms with Gasteiger partial charge in [-0.3, -0.25) is 9.59 Å². The predicted molar refractivity (Wildman–Crippen MR) is 83.0 cm³/mol. The van der Waals surface area contributed by atoms with Crippen LogP contribution < -0.4 is 10.6 Å². The van der Waals surface area contributed by atoms with Crippen molar-refractivity contribution < 1.29 is 9.59 Å². The average molecular weight is 309 g/mol. The maximum Gasteiger partial charge on any atom is 0.222 e. The van der Waals surface area contributed by atoms with E-state index in [1.165, 1.54) is 19.8 Å². The Balaban J connectivity index is 1.99. The monoisotopic (exact) mass is 308 g/mol. The van der Waals surface area contributed by atoms with Crippen molar-refractivity contribution in [3.8, 4) is 0 Å². The Bertz CT molecular complexity index is 512. The van der Waals surface area contributed by atoms with Crippen LogP contribution in [0.4, 0.5) is 0 Å². The van der Waals surface area contributed by atoms with Crippen LogP contribution in [0.5, 0.6) is 0 Å². The van der Waals surface area contributed by atoms with Gasteiger partial charge in [-0.15, -0.1) is 0 Å². The minimum absolute atomic E-state index is 0.0388. The number of rotatable bonds is 6. The first-order valence-corrected chi connectivity index (χ1v) is 7.65. The molecule has 1 aromatic rings. The fraction of sp³-hybridized carbons (Fsp3) is 0.500. The third-order valence-electron chi connectivity index (χ3n) is 3.76. The quantitative estimate of drug-likeness (QED) is 0.849. The molecule has 0 aromatic heterocycles. The van der Waals surface area contributed by atoms with Crippen LogP contribution in [0.2, 0.25) is 5.02 Å². The van der Waals surface area contributed by atoms with Crippen LogP contribution in [0.25, 0.3) is 0 Å². The maximum atomic E-state index is 12.1. The summed E-state index contributed by atoms with van der Waals surface area (Å²) in [5, 5.41) is 6.46. The summed E-state index contributed by atoms with van der Waals surface area (Å²) in [6.45, 7) is 3.49. The number of halogens is 1. The van der Waals surface area contributed by atoms with Gasteiger partial charge >= 0.3 is 0 Å². The van der Waals surface area contributed by atoms with E-state index < -0.39 is 0 Å². The highest BCUT2D eigenvalue weighted by Crippen LogP contribution is 2.32. The topological polar surface area (TPSA) is 58.2 Å². The molecule has 0 unspecified atom stereocenters. The number of carbonyl (C=O) groups excluding carboxylic acids is 2. The van der Waals surface area contributed by atoms with Gasteiger partial charge in [0.1, 0.15) is 0 Å². The highest BCUT2D eigenvalue weighted by atomic mass is 35.5. The van der Waals surface area contributed by atoms with Crippen molar-refractivity contribution in [2.75, 3.05) is 0 Å². The van der Waals surface area contributed by atoms with Crippen molar-refractivity contribution >= 4 is 23.4 Å². The number of carbonyl (C=O) groups is 2. The highest BCUT2D eigenvalue weighted by Gasteiger charge is 2.29. The molecule has 5 heteroatoms.